The first-order valence-corrected chi connectivity index (χ1v) is 10.9. The predicted molar refractivity (Wildman–Crippen MR) is 116 cm³/mol. The molecular formula is C23H25ClN4O2. The van der Waals surface area contributed by atoms with Crippen LogP contribution in [-0.2, 0) is 19.4 Å². The number of fused-ring (bicyclic) bond motifs is 3. The Morgan fingerprint density at radius 1 is 1.23 bits per heavy atom. The van der Waals surface area contributed by atoms with Crippen LogP contribution in [0.1, 0.15) is 39.4 Å². The Balaban J connectivity index is 1.35. The van der Waals surface area contributed by atoms with Gasteiger partial charge in [-0.25, -0.2) is 0 Å². The van der Waals surface area contributed by atoms with Crippen molar-refractivity contribution in [3.8, 4) is 11.3 Å². The molecule has 1 aromatic carbocycles. The lowest BCUT2D eigenvalue weighted by Gasteiger charge is -2.30. The largest absolute Gasteiger partial charge is 0.455 e. The van der Waals surface area contributed by atoms with Crippen molar-refractivity contribution in [3.63, 3.8) is 0 Å². The van der Waals surface area contributed by atoms with Crippen molar-refractivity contribution >= 4 is 17.5 Å². The Kier molecular flexibility index (Phi) is 5.13. The average Bonchev–Trinajstić information content (AvgIpc) is 3.25. The molecule has 1 saturated heterocycles. The molecule has 156 valence electrons. The minimum Gasteiger partial charge on any atom is -0.455 e. The topological polar surface area (TPSA) is 63.3 Å². The van der Waals surface area contributed by atoms with Gasteiger partial charge >= 0.3 is 0 Å². The second-order valence-corrected chi connectivity index (χ2v) is 8.57. The van der Waals surface area contributed by atoms with E-state index in [1.165, 1.54) is 12.0 Å². The van der Waals surface area contributed by atoms with Crippen LogP contribution in [0.5, 0.6) is 0 Å². The summed E-state index contributed by atoms with van der Waals surface area (Å²) in [7, 11) is 0. The number of amides is 1. The molecule has 6 nitrogen and oxygen atoms in total. The number of carbonyl (C=O) groups is 1. The highest BCUT2D eigenvalue weighted by Gasteiger charge is 2.29. The Hall–Kier alpha value is -2.57. The number of aromatic nitrogens is 2. The average molecular weight is 425 g/mol. The Bertz CT molecular complexity index is 1080. The van der Waals surface area contributed by atoms with Crippen LogP contribution in [0.25, 0.3) is 11.3 Å². The van der Waals surface area contributed by atoms with E-state index in [2.05, 4.69) is 16.4 Å². The number of nitrogens with one attached hydrogen (secondary N) is 1. The van der Waals surface area contributed by atoms with Crippen molar-refractivity contribution in [2.45, 2.75) is 32.7 Å². The van der Waals surface area contributed by atoms with E-state index in [0.29, 0.717) is 18.8 Å². The van der Waals surface area contributed by atoms with Crippen molar-refractivity contribution in [1.82, 2.24) is 20.0 Å². The minimum absolute atomic E-state index is 0.135. The summed E-state index contributed by atoms with van der Waals surface area (Å²) in [6.07, 6.45) is 5.01. The molecule has 0 spiro atoms. The van der Waals surface area contributed by atoms with Gasteiger partial charge in [-0.15, -0.1) is 0 Å². The summed E-state index contributed by atoms with van der Waals surface area (Å²) >= 11 is 5.99. The van der Waals surface area contributed by atoms with Crippen LogP contribution in [0.15, 0.2) is 34.9 Å². The van der Waals surface area contributed by atoms with Gasteiger partial charge in [-0.2, -0.15) is 5.10 Å². The maximum atomic E-state index is 12.7. The summed E-state index contributed by atoms with van der Waals surface area (Å²) in [6.45, 7) is 6.44. The predicted octanol–water partition coefficient (Wildman–Crippen LogP) is 3.69. The monoisotopic (exact) mass is 424 g/mol. The first kappa shape index (κ1) is 19.4. The molecule has 1 N–H and O–H groups in total. The number of rotatable bonds is 6. The van der Waals surface area contributed by atoms with E-state index in [4.69, 9.17) is 21.1 Å². The Morgan fingerprint density at radius 3 is 2.77 bits per heavy atom. The molecule has 0 radical (unpaired) electrons. The smallest absolute Gasteiger partial charge is 0.287 e. The molecule has 30 heavy (non-hydrogen) atoms. The van der Waals surface area contributed by atoms with Crippen LogP contribution in [0.3, 0.4) is 0 Å². The van der Waals surface area contributed by atoms with E-state index in [9.17, 15) is 4.79 Å². The number of carbonyl (C=O) groups excluding carboxylic acids is 1. The zero-order valence-corrected chi connectivity index (χ0v) is 17.8. The van der Waals surface area contributed by atoms with Gasteiger partial charge in [-0.3, -0.25) is 9.48 Å². The molecule has 0 unspecified atom stereocenters. The summed E-state index contributed by atoms with van der Waals surface area (Å²) in [5.41, 5.74) is 5.14. The molecule has 0 bridgehead atoms. The van der Waals surface area contributed by atoms with Gasteiger partial charge in [-0.05, 0) is 56.1 Å². The van der Waals surface area contributed by atoms with Crippen LogP contribution in [-0.4, -0.2) is 46.8 Å². The van der Waals surface area contributed by atoms with E-state index in [1.54, 1.807) is 0 Å². The molecule has 2 aromatic heterocycles. The fourth-order valence-electron chi connectivity index (χ4n) is 4.25. The highest BCUT2D eigenvalue weighted by atomic mass is 35.5. The van der Waals surface area contributed by atoms with Crippen LogP contribution in [0.2, 0.25) is 5.02 Å². The molecule has 1 aliphatic carbocycles. The number of hydrogen-bond acceptors (Lipinski definition) is 4. The first-order valence-electron chi connectivity index (χ1n) is 10.5. The van der Waals surface area contributed by atoms with Gasteiger partial charge in [0, 0.05) is 41.9 Å². The maximum absolute atomic E-state index is 12.7. The lowest BCUT2D eigenvalue weighted by molar-refractivity contribution is 0.0911. The molecule has 0 atom stereocenters. The van der Waals surface area contributed by atoms with Crippen molar-refractivity contribution in [2.24, 2.45) is 0 Å². The van der Waals surface area contributed by atoms with Gasteiger partial charge in [0.25, 0.3) is 5.91 Å². The molecule has 5 rings (SSSR count). The third kappa shape index (κ3) is 3.66. The lowest BCUT2D eigenvalue weighted by Crippen LogP contribution is -2.42. The number of hydrogen-bond donors (Lipinski definition) is 1. The van der Waals surface area contributed by atoms with Crippen molar-refractivity contribution < 1.29 is 9.21 Å². The van der Waals surface area contributed by atoms with E-state index < -0.39 is 0 Å². The molecule has 1 amide bonds. The van der Waals surface area contributed by atoms with E-state index >= 15 is 0 Å². The Morgan fingerprint density at radius 2 is 2.03 bits per heavy atom. The number of aryl methyl sites for hydroxylation is 2. The van der Waals surface area contributed by atoms with Gasteiger partial charge in [-0.1, -0.05) is 23.7 Å². The fourth-order valence-corrected chi connectivity index (χ4v) is 4.38. The van der Waals surface area contributed by atoms with Gasteiger partial charge < -0.3 is 14.6 Å². The van der Waals surface area contributed by atoms with Crippen molar-refractivity contribution in [3.05, 3.63) is 63.7 Å². The van der Waals surface area contributed by atoms with E-state index in [-0.39, 0.29) is 5.91 Å². The van der Waals surface area contributed by atoms with E-state index in [0.717, 1.165) is 65.6 Å². The second kappa shape index (κ2) is 7.93. The number of likely N-dealkylation sites (tertiary alicyclic amines) is 1. The standard InChI is InChI=1S/C23H25ClN4O2/c1-15-20-19(30-22(15)23(29)25-9-12-27-10-2-11-27)8-5-17-14-28(26-21(17)20)13-16-3-6-18(24)7-4-16/h3-4,6-7,14H,2,5,8-13H2,1H3,(H,25,29). The maximum Gasteiger partial charge on any atom is 0.287 e. The molecule has 3 heterocycles. The van der Waals surface area contributed by atoms with Crippen LogP contribution >= 0.6 is 11.6 Å². The number of furan rings is 1. The third-order valence-corrected chi connectivity index (χ3v) is 6.29. The minimum atomic E-state index is -0.135. The molecule has 2 aliphatic rings. The van der Waals surface area contributed by atoms with Gasteiger partial charge in [0.2, 0.25) is 0 Å². The number of benzene rings is 1. The summed E-state index contributed by atoms with van der Waals surface area (Å²) in [4.78, 5) is 15.0. The summed E-state index contributed by atoms with van der Waals surface area (Å²) in [5, 5.41) is 8.57. The molecule has 7 heteroatoms. The normalized spacial score (nSPS) is 15.4. The highest BCUT2D eigenvalue weighted by Crippen LogP contribution is 2.38. The zero-order valence-electron chi connectivity index (χ0n) is 17.1. The highest BCUT2D eigenvalue weighted by molar-refractivity contribution is 6.30. The number of nitrogens with zero attached hydrogens (tertiary/aromatic N) is 3. The molecule has 1 aliphatic heterocycles. The summed E-state index contributed by atoms with van der Waals surface area (Å²) in [5.74, 6) is 1.15. The SMILES string of the molecule is Cc1c(C(=O)NCCN2CCC2)oc2c1-c1nn(Cc3ccc(Cl)cc3)cc1CC2. The second-order valence-electron chi connectivity index (χ2n) is 8.13. The van der Waals surface area contributed by atoms with Gasteiger partial charge in [0.05, 0.1) is 12.2 Å². The molecule has 1 fully saturated rings. The van der Waals surface area contributed by atoms with E-state index in [1.807, 2.05) is 35.9 Å². The van der Waals surface area contributed by atoms with Crippen LogP contribution in [0.4, 0.5) is 0 Å². The summed E-state index contributed by atoms with van der Waals surface area (Å²) < 4.78 is 7.97. The van der Waals surface area contributed by atoms with Gasteiger partial charge in [0.15, 0.2) is 5.76 Å². The van der Waals surface area contributed by atoms with Crippen LogP contribution in [0, 0.1) is 6.92 Å². The van der Waals surface area contributed by atoms with Crippen LogP contribution < -0.4 is 5.32 Å². The molecular weight excluding hydrogens is 400 g/mol. The van der Waals surface area contributed by atoms with Gasteiger partial charge in [0.1, 0.15) is 5.76 Å². The third-order valence-electron chi connectivity index (χ3n) is 6.04. The first-order chi connectivity index (χ1) is 14.6. The fraction of sp³-hybridized carbons (Fsp3) is 0.391. The molecule has 0 saturated carbocycles. The molecule has 3 aromatic rings. The zero-order chi connectivity index (χ0) is 20.7. The quantitative estimate of drug-likeness (QED) is 0.655. The summed E-state index contributed by atoms with van der Waals surface area (Å²) in [6, 6.07) is 7.82. The lowest BCUT2D eigenvalue weighted by atomic mass is 9.93. The number of halogens is 1. The van der Waals surface area contributed by atoms with Crippen molar-refractivity contribution in [2.75, 3.05) is 26.2 Å². The Labute approximate surface area is 180 Å². The van der Waals surface area contributed by atoms with Crippen molar-refractivity contribution in [1.29, 1.82) is 0 Å².